The van der Waals surface area contributed by atoms with Crippen molar-refractivity contribution in [1.29, 1.82) is 0 Å². The van der Waals surface area contributed by atoms with Gasteiger partial charge >= 0.3 is 0 Å². The third-order valence-electron chi connectivity index (χ3n) is 4.92. The van der Waals surface area contributed by atoms with Gasteiger partial charge in [0.15, 0.2) is 0 Å². The van der Waals surface area contributed by atoms with Gasteiger partial charge in [-0.05, 0) is 41.5 Å². The van der Waals surface area contributed by atoms with Gasteiger partial charge in [0.2, 0.25) is 0 Å². The van der Waals surface area contributed by atoms with Gasteiger partial charge in [-0.15, -0.1) is 0 Å². The number of rotatable bonds is 4. The van der Waals surface area contributed by atoms with Gasteiger partial charge < -0.3 is 9.30 Å². The third-order valence-corrected chi connectivity index (χ3v) is 4.92. The van der Waals surface area contributed by atoms with Crippen molar-refractivity contribution in [2.45, 2.75) is 31.9 Å². The third kappa shape index (κ3) is 2.65. The number of ether oxygens (including phenoxy) is 1. The molecule has 3 heteroatoms. The van der Waals surface area contributed by atoms with Gasteiger partial charge in [0.05, 0.1) is 19.0 Å². The molecule has 0 amide bonds. The van der Waals surface area contributed by atoms with Crippen molar-refractivity contribution < 1.29 is 4.74 Å². The van der Waals surface area contributed by atoms with Gasteiger partial charge in [0.1, 0.15) is 0 Å². The van der Waals surface area contributed by atoms with E-state index in [1.165, 1.54) is 34.4 Å². The number of aryl methyl sites for hydroxylation is 1. The molecule has 4 rings (SSSR count). The number of fused-ring (bicyclic) bond motifs is 1. The molecule has 1 aromatic heterocycles. The maximum atomic E-state index is 5.40. The quantitative estimate of drug-likeness (QED) is 0.701. The van der Waals surface area contributed by atoms with E-state index >= 15 is 0 Å². The lowest BCUT2D eigenvalue weighted by Gasteiger charge is -2.28. The zero-order chi connectivity index (χ0) is 16.4. The highest BCUT2D eigenvalue weighted by Gasteiger charge is 2.23. The van der Waals surface area contributed by atoms with E-state index in [1.807, 2.05) is 12.5 Å². The molecule has 122 valence electrons. The molecule has 3 aromatic rings. The minimum absolute atomic E-state index is 0.364. The summed E-state index contributed by atoms with van der Waals surface area (Å²) >= 11 is 0. The summed E-state index contributed by atoms with van der Waals surface area (Å²) < 4.78 is 7.75. The van der Waals surface area contributed by atoms with E-state index < -0.39 is 0 Å². The number of methoxy groups -OCH3 is 1. The molecular formula is C21H22N2O. The van der Waals surface area contributed by atoms with Crippen LogP contribution in [-0.4, -0.2) is 16.7 Å². The molecule has 0 saturated heterocycles. The Morgan fingerprint density at radius 2 is 1.88 bits per heavy atom. The summed E-state index contributed by atoms with van der Waals surface area (Å²) in [4.78, 5) is 4.37. The lowest BCUT2D eigenvalue weighted by atomic mass is 9.88. The Morgan fingerprint density at radius 3 is 2.75 bits per heavy atom. The second-order valence-corrected chi connectivity index (χ2v) is 6.38. The Kier molecular flexibility index (Phi) is 4.18. The molecule has 0 saturated carbocycles. The van der Waals surface area contributed by atoms with E-state index in [4.69, 9.17) is 4.74 Å². The van der Waals surface area contributed by atoms with E-state index in [1.54, 1.807) is 7.11 Å². The summed E-state index contributed by atoms with van der Waals surface area (Å²) in [7, 11) is 1.75. The summed E-state index contributed by atoms with van der Waals surface area (Å²) in [6.45, 7) is 0.630. The summed E-state index contributed by atoms with van der Waals surface area (Å²) in [6.07, 6.45) is 7.49. The predicted octanol–water partition coefficient (Wildman–Crippen LogP) is 4.62. The van der Waals surface area contributed by atoms with Gasteiger partial charge in [-0.2, -0.15) is 0 Å². The molecule has 0 fully saturated rings. The monoisotopic (exact) mass is 318 g/mol. The highest BCUT2D eigenvalue weighted by Crippen LogP contribution is 2.37. The summed E-state index contributed by atoms with van der Waals surface area (Å²) in [5.74, 6) is 0. The second kappa shape index (κ2) is 6.62. The largest absolute Gasteiger partial charge is 0.380 e. The Morgan fingerprint density at radius 1 is 1.08 bits per heavy atom. The molecule has 1 aliphatic rings. The Labute approximate surface area is 142 Å². The molecule has 0 aliphatic carbocycles. The summed E-state index contributed by atoms with van der Waals surface area (Å²) in [5.41, 5.74) is 6.51. The van der Waals surface area contributed by atoms with Crippen LogP contribution in [0.25, 0.3) is 11.1 Å². The summed E-state index contributed by atoms with van der Waals surface area (Å²) in [5, 5.41) is 0. The number of hydrogen-bond donors (Lipinski definition) is 0. The molecule has 1 aliphatic heterocycles. The van der Waals surface area contributed by atoms with Gasteiger partial charge in [0.25, 0.3) is 0 Å². The first-order chi connectivity index (χ1) is 11.9. The number of aromatic nitrogens is 2. The Bertz CT molecular complexity index is 837. The van der Waals surface area contributed by atoms with Crippen molar-refractivity contribution in [3.8, 4) is 11.1 Å². The molecule has 1 atom stereocenters. The SMILES string of the molecule is COCc1ccccc1-c1ccccc1C1CCCc2cncn21. The van der Waals surface area contributed by atoms with Crippen LogP contribution in [0.4, 0.5) is 0 Å². The van der Waals surface area contributed by atoms with E-state index in [0.29, 0.717) is 12.6 Å². The number of hydrogen-bond acceptors (Lipinski definition) is 2. The van der Waals surface area contributed by atoms with Crippen LogP contribution in [0.5, 0.6) is 0 Å². The van der Waals surface area contributed by atoms with Crippen LogP contribution in [-0.2, 0) is 17.8 Å². The molecule has 2 aromatic carbocycles. The van der Waals surface area contributed by atoms with Crippen LogP contribution in [0.3, 0.4) is 0 Å². The van der Waals surface area contributed by atoms with Crippen molar-refractivity contribution in [3.63, 3.8) is 0 Å². The average molecular weight is 318 g/mol. The topological polar surface area (TPSA) is 27.1 Å². The average Bonchev–Trinajstić information content (AvgIpc) is 3.11. The molecule has 0 radical (unpaired) electrons. The highest BCUT2D eigenvalue weighted by atomic mass is 16.5. The molecular weight excluding hydrogens is 296 g/mol. The van der Waals surface area contributed by atoms with Crippen molar-refractivity contribution >= 4 is 0 Å². The van der Waals surface area contributed by atoms with Gasteiger partial charge in [-0.3, -0.25) is 0 Å². The lowest BCUT2D eigenvalue weighted by Crippen LogP contribution is -2.18. The van der Waals surface area contributed by atoms with Gasteiger partial charge in [-0.1, -0.05) is 48.5 Å². The molecule has 24 heavy (non-hydrogen) atoms. The number of imidazole rings is 1. The zero-order valence-corrected chi connectivity index (χ0v) is 14.0. The number of benzene rings is 2. The fraction of sp³-hybridized carbons (Fsp3) is 0.286. The van der Waals surface area contributed by atoms with E-state index in [9.17, 15) is 0 Å². The van der Waals surface area contributed by atoms with Crippen molar-refractivity contribution in [1.82, 2.24) is 9.55 Å². The molecule has 0 bridgehead atoms. The maximum absolute atomic E-state index is 5.40. The van der Waals surface area contributed by atoms with Crippen LogP contribution in [0.15, 0.2) is 61.1 Å². The van der Waals surface area contributed by atoms with Crippen molar-refractivity contribution in [2.75, 3.05) is 7.11 Å². The first-order valence-electron chi connectivity index (χ1n) is 8.55. The van der Waals surface area contributed by atoms with Crippen LogP contribution in [0, 0.1) is 0 Å². The molecule has 0 spiro atoms. The van der Waals surface area contributed by atoms with Crippen LogP contribution in [0.2, 0.25) is 0 Å². The van der Waals surface area contributed by atoms with Crippen molar-refractivity contribution in [3.05, 3.63) is 77.9 Å². The first-order valence-corrected chi connectivity index (χ1v) is 8.55. The van der Waals surface area contributed by atoms with Gasteiger partial charge in [-0.25, -0.2) is 4.98 Å². The van der Waals surface area contributed by atoms with Crippen LogP contribution >= 0.6 is 0 Å². The van der Waals surface area contributed by atoms with E-state index in [0.717, 1.165) is 12.8 Å². The van der Waals surface area contributed by atoms with Crippen LogP contribution in [0.1, 0.15) is 35.7 Å². The van der Waals surface area contributed by atoms with E-state index in [2.05, 4.69) is 58.1 Å². The second-order valence-electron chi connectivity index (χ2n) is 6.38. The molecule has 1 unspecified atom stereocenters. The standard InChI is InChI=1S/C21H22N2O/c1-24-14-16-7-2-3-9-18(16)19-10-4-5-11-20(19)21-12-6-8-17-13-22-15-23(17)21/h2-5,7,9-11,13,15,21H,6,8,12,14H2,1H3. The minimum atomic E-state index is 0.364. The predicted molar refractivity (Wildman–Crippen MR) is 95.9 cm³/mol. The fourth-order valence-corrected chi connectivity index (χ4v) is 3.82. The van der Waals surface area contributed by atoms with Gasteiger partial charge in [0, 0.05) is 19.0 Å². The zero-order valence-electron chi connectivity index (χ0n) is 14.0. The Hall–Kier alpha value is -2.39. The van der Waals surface area contributed by atoms with Crippen molar-refractivity contribution in [2.24, 2.45) is 0 Å². The Balaban J connectivity index is 1.84. The van der Waals surface area contributed by atoms with Crippen LogP contribution < -0.4 is 0 Å². The highest BCUT2D eigenvalue weighted by molar-refractivity contribution is 5.71. The number of nitrogens with zero attached hydrogens (tertiary/aromatic N) is 2. The normalized spacial score (nSPS) is 16.8. The minimum Gasteiger partial charge on any atom is -0.380 e. The fourth-order valence-electron chi connectivity index (χ4n) is 3.82. The van der Waals surface area contributed by atoms with E-state index in [-0.39, 0.29) is 0 Å². The molecule has 0 N–H and O–H groups in total. The maximum Gasteiger partial charge on any atom is 0.0953 e. The smallest absolute Gasteiger partial charge is 0.0953 e. The summed E-state index contributed by atoms with van der Waals surface area (Å²) in [6, 6.07) is 17.7. The molecule has 3 nitrogen and oxygen atoms in total. The molecule has 2 heterocycles. The first kappa shape index (κ1) is 15.2. The lowest BCUT2D eigenvalue weighted by molar-refractivity contribution is 0.185.